The Bertz CT molecular complexity index is 635. The monoisotopic (exact) mass is 345 g/mol. The lowest BCUT2D eigenvalue weighted by molar-refractivity contribution is -0.135. The Morgan fingerprint density at radius 1 is 1.38 bits per heavy atom. The minimum Gasteiger partial charge on any atom is -0.340 e. The molecule has 130 valence electrons. The highest BCUT2D eigenvalue weighted by atomic mass is 32.1. The van der Waals surface area contributed by atoms with Crippen molar-refractivity contribution in [2.75, 3.05) is 6.54 Å². The number of amides is 1. The van der Waals surface area contributed by atoms with E-state index < -0.39 is 0 Å². The van der Waals surface area contributed by atoms with E-state index >= 15 is 0 Å². The van der Waals surface area contributed by atoms with Crippen LogP contribution in [0, 0.1) is 0 Å². The number of carbonyl (C=O) groups excluding carboxylic acids is 1. The number of aryl methyl sites for hydroxylation is 3. The van der Waals surface area contributed by atoms with Crippen LogP contribution in [0.5, 0.6) is 0 Å². The van der Waals surface area contributed by atoms with E-state index in [1.54, 1.807) is 11.3 Å². The molecule has 1 aliphatic rings. The third-order valence-corrected chi connectivity index (χ3v) is 5.90. The molecule has 1 aliphatic heterocycles. The van der Waals surface area contributed by atoms with Crippen LogP contribution in [-0.4, -0.2) is 32.9 Å². The first-order valence-electron chi connectivity index (χ1n) is 9.02. The lowest BCUT2D eigenvalue weighted by atomic mass is 9.97. The van der Waals surface area contributed by atoms with Crippen LogP contribution in [0.3, 0.4) is 0 Å². The van der Waals surface area contributed by atoms with Gasteiger partial charge in [-0.25, -0.2) is 4.98 Å². The second kappa shape index (κ2) is 8.47. The summed E-state index contributed by atoms with van der Waals surface area (Å²) in [6, 6.07) is 4.64. The van der Waals surface area contributed by atoms with Gasteiger partial charge in [0.05, 0.1) is 0 Å². The molecule has 1 amide bonds. The van der Waals surface area contributed by atoms with Gasteiger partial charge in [-0.1, -0.05) is 6.07 Å². The largest absolute Gasteiger partial charge is 0.340 e. The third kappa shape index (κ3) is 4.47. The lowest BCUT2D eigenvalue weighted by Gasteiger charge is -2.36. The van der Waals surface area contributed by atoms with E-state index in [0.29, 0.717) is 18.4 Å². The van der Waals surface area contributed by atoms with E-state index in [-0.39, 0.29) is 0 Å². The third-order valence-electron chi connectivity index (χ3n) is 4.96. The minimum absolute atomic E-state index is 0.344. The van der Waals surface area contributed by atoms with E-state index in [1.165, 1.54) is 11.3 Å². The van der Waals surface area contributed by atoms with Crippen molar-refractivity contribution in [3.8, 4) is 0 Å². The molecular formula is C19H27N3OS. The molecular weight excluding hydrogens is 318 g/mol. The van der Waals surface area contributed by atoms with Gasteiger partial charge in [0.15, 0.2) is 0 Å². The maximum absolute atomic E-state index is 12.7. The molecule has 0 aromatic carbocycles. The van der Waals surface area contributed by atoms with Crippen molar-refractivity contribution >= 4 is 17.2 Å². The van der Waals surface area contributed by atoms with Crippen LogP contribution in [0.25, 0.3) is 0 Å². The van der Waals surface area contributed by atoms with Gasteiger partial charge in [-0.2, -0.15) is 0 Å². The number of imidazole rings is 1. The smallest absolute Gasteiger partial charge is 0.222 e. The maximum atomic E-state index is 12.7. The van der Waals surface area contributed by atoms with Crippen molar-refractivity contribution in [2.24, 2.45) is 7.05 Å². The van der Waals surface area contributed by atoms with E-state index in [4.69, 9.17) is 0 Å². The molecule has 0 unspecified atom stereocenters. The Hall–Kier alpha value is -1.62. The summed E-state index contributed by atoms with van der Waals surface area (Å²) < 4.78 is 2.08. The average molecular weight is 346 g/mol. The normalized spacial score (nSPS) is 18.0. The Morgan fingerprint density at radius 2 is 2.29 bits per heavy atom. The highest BCUT2D eigenvalue weighted by molar-refractivity contribution is 7.09. The molecule has 1 saturated heterocycles. The molecule has 0 spiro atoms. The topological polar surface area (TPSA) is 38.1 Å². The van der Waals surface area contributed by atoms with Crippen molar-refractivity contribution in [1.29, 1.82) is 0 Å². The van der Waals surface area contributed by atoms with Gasteiger partial charge in [-0.3, -0.25) is 4.79 Å². The van der Waals surface area contributed by atoms with Crippen LogP contribution in [0.4, 0.5) is 0 Å². The lowest BCUT2D eigenvalue weighted by Crippen LogP contribution is -2.44. The summed E-state index contributed by atoms with van der Waals surface area (Å²) in [6.45, 7) is 0.934. The molecule has 5 heteroatoms. The predicted octanol–water partition coefficient (Wildman–Crippen LogP) is 3.82. The summed E-state index contributed by atoms with van der Waals surface area (Å²) in [5.74, 6) is 1.46. The number of thiophene rings is 1. The zero-order chi connectivity index (χ0) is 16.8. The number of nitrogens with zero attached hydrogens (tertiary/aromatic N) is 3. The molecule has 2 aromatic heterocycles. The van der Waals surface area contributed by atoms with Gasteiger partial charge < -0.3 is 9.47 Å². The Morgan fingerprint density at radius 3 is 3.04 bits per heavy atom. The molecule has 4 nitrogen and oxygen atoms in total. The zero-order valence-electron chi connectivity index (χ0n) is 14.5. The summed E-state index contributed by atoms with van der Waals surface area (Å²) >= 11 is 1.78. The summed E-state index contributed by atoms with van der Waals surface area (Å²) in [5.41, 5.74) is 0. The van der Waals surface area contributed by atoms with Gasteiger partial charge in [0.25, 0.3) is 0 Å². The molecule has 0 radical (unpaired) electrons. The second-order valence-corrected chi connectivity index (χ2v) is 7.69. The second-order valence-electron chi connectivity index (χ2n) is 6.66. The Labute approximate surface area is 148 Å². The van der Waals surface area contributed by atoms with E-state index in [2.05, 4.69) is 32.0 Å². The molecule has 24 heavy (non-hydrogen) atoms. The van der Waals surface area contributed by atoms with Crippen molar-refractivity contribution in [2.45, 2.75) is 57.4 Å². The molecule has 0 bridgehead atoms. The molecule has 0 N–H and O–H groups in total. The molecule has 0 saturated carbocycles. The number of hydrogen-bond acceptors (Lipinski definition) is 3. The number of carbonyl (C=O) groups is 1. The number of piperidine rings is 1. The van der Waals surface area contributed by atoms with Gasteiger partial charge in [0.2, 0.25) is 5.91 Å². The molecule has 2 aromatic rings. The maximum Gasteiger partial charge on any atom is 0.222 e. The number of hydrogen-bond donors (Lipinski definition) is 0. The van der Waals surface area contributed by atoms with Crippen LogP contribution in [0.1, 0.15) is 49.2 Å². The SMILES string of the molecule is Cn1ccnc1CC[C@@H]1CCCCN1C(=O)CCCc1cccs1. The number of rotatable bonds is 7. The van der Waals surface area contributed by atoms with Gasteiger partial charge in [-0.05, 0) is 50.0 Å². The van der Waals surface area contributed by atoms with Crippen LogP contribution in [-0.2, 0) is 24.7 Å². The predicted molar refractivity (Wildman–Crippen MR) is 98.1 cm³/mol. The van der Waals surface area contributed by atoms with Crippen molar-refractivity contribution < 1.29 is 4.79 Å². The molecule has 1 fully saturated rings. The Balaban J connectivity index is 1.49. The van der Waals surface area contributed by atoms with Crippen LogP contribution < -0.4 is 0 Å². The van der Waals surface area contributed by atoms with Gasteiger partial charge >= 0.3 is 0 Å². The van der Waals surface area contributed by atoms with E-state index in [0.717, 1.165) is 50.9 Å². The van der Waals surface area contributed by atoms with Crippen molar-refractivity contribution in [3.05, 3.63) is 40.6 Å². The fourth-order valence-electron chi connectivity index (χ4n) is 3.57. The van der Waals surface area contributed by atoms with Crippen molar-refractivity contribution in [3.63, 3.8) is 0 Å². The van der Waals surface area contributed by atoms with Gasteiger partial charge in [0, 0.05) is 49.7 Å². The summed E-state index contributed by atoms with van der Waals surface area (Å²) in [5, 5.41) is 2.11. The molecule has 1 atom stereocenters. The number of likely N-dealkylation sites (tertiary alicyclic amines) is 1. The fraction of sp³-hybridized carbons (Fsp3) is 0.579. The van der Waals surface area contributed by atoms with E-state index in [1.807, 2.05) is 19.4 Å². The fourth-order valence-corrected chi connectivity index (χ4v) is 4.33. The number of aromatic nitrogens is 2. The Kier molecular flexibility index (Phi) is 6.07. The van der Waals surface area contributed by atoms with E-state index in [9.17, 15) is 4.79 Å². The van der Waals surface area contributed by atoms with Crippen molar-refractivity contribution in [1.82, 2.24) is 14.5 Å². The van der Waals surface area contributed by atoms with Crippen LogP contribution in [0.15, 0.2) is 29.9 Å². The molecule has 3 heterocycles. The van der Waals surface area contributed by atoms with Crippen LogP contribution >= 0.6 is 11.3 Å². The summed E-state index contributed by atoms with van der Waals surface area (Å²) in [4.78, 5) is 20.6. The quantitative estimate of drug-likeness (QED) is 0.765. The van der Waals surface area contributed by atoms with Crippen LogP contribution in [0.2, 0.25) is 0 Å². The average Bonchev–Trinajstić information content (AvgIpc) is 3.25. The van der Waals surface area contributed by atoms with Gasteiger partial charge in [-0.15, -0.1) is 11.3 Å². The minimum atomic E-state index is 0.344. The first kappa shape index (κ1) is 17.2. The highest BCUT2D eigenvalue weighted by Crippen LogP contribution is 2.23. The first-order valence-corrected chi connectivity index (χ1v) is 9.90. The summed E-state index contributed by atoms with van der Waals surface area (Å²) in [7, 11) is 2.04. The molecule has 3 rings (SSSR count). The highest BCUT2D eigenvalue weighted by Gasteiger charge is 2.26. The first-order chi connectivity index (χ1) is 11.7. The zero-order valence-corrected chi connectivity index (χ0v) is 15.3. The standard InChI is InChI=1S/C19H27N3OS/c1-21-14-12-20-18(21)11-10-16-6-2-3-13-22(16)19(23)9-4-7-17-8-5-15-24-17/h5,8,12,14-16H,2-4,6-7,9-11,13H2,1H3/t16-/m0/s1. The van der Waals surface area contributed by atoms with Gasteiger partial charge in [0.1, 0.15) is 5.82 Å². The summed E-state index contributed by atoms with van der Waals surface area (Å²) in [6.07, 6.45) is 12.0. The molecule has 0 aliphatic carbocycles.